The van der Waals surface area contributed by atoms with Crippen LogP contribution in [0.1, 0.15) is 48.3 Å². The number of hydrogen-bond acceptors (Lipinski definition) is 3. The Labute approximate surface area is 505 Å². The Morgan fingerprint density at radius 3 is 1.41 bits per heavy atom. The van der Waals surface area contributed by atoms with Crippen LogP contribution in [0.15, 0.2) is 248 Å². The van der Waals surface area contributed by atoms with Gasteiger partial charge in [-0.25, -0.2) is 0 Å². The number of benzene rings is 12. The molecule has 18 rings (SSSR count). The van der Waals surface area contributed by atoms with E-state index in [0.29, 0.717) is 33.5 Å². The van der Waals surface area contributed by atoms with E-state index in [-0.39, 0.29) is 71.9 Å². The molecule has 6 heterocycles. The van der Waals surface area contributed by atoms with E-state index in [1.165, 1.54) is 9.13 Å². The Morgan fingerprint density at radius 1 is 0.398 bits per heavy atom. The lowest BCUT2D eigenvalue weighted by molar-refractivity contribution is 0.464. The Morgan fingerprint density at radius 2 is 0.880 bits per heavy atom. The van der Waals surface area contributed by atoms with Gasteiger partial charge < -0.3 is 23.2 Å². The third-order valence-corrected chi connectivity index (χ3v) is 18.0. The molecule has 0 aliphatic carbocycles. The smallest absolute Gasteiger partial charge is 0.260 e. The van der Waals surface area contributed by atoms with Crippen LogP contribution in [-0.4, -0.2) is 20.4 Å². The van der Waals surface area contributed by atoms with Crippen LogP contribution in [0.2, 0.25) is 0 Å². The minimum Gasteiger partial charge on any atom is -0.458 e. The molecule has 0 amide bonds. The zero-order chi connectivity index (χ0) is 68.7. The van der Waals surface area contributed by atoms with Gasteiger partial charge in [0.05, 0.1) is 60.7 Å². The summed E-state index contributed by atoms with van der Waals surface area (Å²) >= 11 is 1.73. The van der Waals surface area contributed by atoms with Crippen LogP contribution in [0.25, 0.3) is 125 Å². The Kier molecular flexibility index (Phi) is 6.98. The second-order valence-corrected chi connectivity index (χ2v) is 23.5. The van der Waals surface area contributed by atoms with Gasteiger partial charge in [0, 0.05) is 87.0 Å². The molecule has 0 radical (unpaired) electrons. The molecular weight excluding hydrogens is 1030 g/mol. The molecule has 0 bridgehead atoms. The minimum absolute atomic E-state index is 0.0649. The molecule has 16 aromatic rings. The summed E-state index contributed by atoms with van der Waals surface area (Å²) in [7, 11) is 0. The van der Waals surface area contributed by atoms with Gasteiger partial charge in [0.2, 0.25) is 0 Å². The Bertz CT molecular complexity index is 6020. The van der Waals surface area contributed by atoms with E-state index < -0.39 is 103 Å². The van der Waals surface area contributed by atoms with E-state index in [2.05, 4.69) is 98.1 Å². The second kappa shape index (κ2) is 17.2. The number of para-hydroxylation sites is 6. The van der Waals surface area contributed by atoms with Crippen molar-refractivity contribution in [1.82, 2.24) is 13.7 Å². The number of rotatable bonds is 5. The fourth-order valence-corrected chi connectivity index (χ4v) is 14.2. The molecule has 5 nitrogen and oxygen atoms in total. The maximum absolute atomic E-state index is 9.40. The maximum Gasteiger partial charge on any atom is 0.260 e. The fourth-order valence-electron chi connectivity index (χ4n) is 13.1. The van der Waals surface area contributed by atoms with Gasteiger partial charge in [-0.3, -0.25) is 0 Å². The van der Waals surface area contributed by atoms with Gasteiger partial charge in [0.25, 0.3) is 6.71 Å². The van der Waals surface area contributed by atoms with E-state index in [9.17, 15) is 11.0 Å². The maximum atomic E-state index is 9.40. The lowest BCUT2D eigenvalue weighted by Gasteiger charge is -2.34. The normalized spacial score (nSPS) is 15.6. The number of hydrogen-bond donors (Lipinski definition) is 0. The van der Waals surface area contributed by atoms with Gasteiger partial charge in [-0.2, -0.15) is 0 Å². The van der Waals surface area contributed by atoms with Crippen LogP contribution in [0.4, 0.5) is 0 Å². The fraction of sp³-hybridized carbons (Fsp3) is 0.0526. The van der Waals surface area contributed by atoms with Crippen LogP contribution in [0.5, 0.6) is 23.0 Å². The number of fused-ring (bicyclic) bond motifs is 16. The van der Waals surface area contributed by atoms with Crippen LogP contribution < -0.4 is 25.9 Å². The first kappa shape index (κ1) is 33.6. The molecule has 83 heavy (non-hydrogen) atoms. The highest BCUT2D eigenvalue weighted by atomic mass is 32.1. The summed E-state index contributed by atoms with van der Waals surface area (Å²) in [5, 5.41) is 4.00. The van der Waals surface area contributed by atoms with Crippen molar-refractivity contribution in [3.63, 3.8) is 0 Å². The highest BCUT2D eigenvalue weighted by molar-refractivity contribution is 7.25. The molecule has 0 N–H and O–H groups in total. The summed E-state index contributed by atoms with van der Waals surface area (Å²) in [5.74, 6) is 1.34. The lowest BCUT2D eigenvalue weighted by Crippen LogP contribution is -2.57. The van der Waals surface area contributed by atoms with Crippen molar-refractivity contribution in [2.24, 2.45) is 0 Å². The molecule has 0 saturated heterocycles. The first-order chi connectivity index (χ1) is 47.4. The Balaban J connectivity index is 0.953. The quantitative estimate of drug-likeness (QED) is 0.161. The SMILES string of the molecule is [2H]c1c([2H])c([2H])c2c(c1[2H])c1c([2H])c([2H])c([2H])c([2H])c1n2-c1ccc2c(c1)Oc1cc(-c3c(-c4ccc5sc6ccccc6c5c4)cc(C(C)(C)C)cc3-n3c4ccccc4c4ccccc43)cc3c1B2c1ccc(-n2c4c([2H])c([2H])c([2H])c([2H])c4c4c([2H])c([2H])c([2H])c([2H])c42)cc1O3. The van der Waals surface area contributed by atoms with Crippen molar-refractivity contribution in [2.75, 3.05) is 0 Å². The predicted octanol–water partition coefficient (Wildman–Crippen LogP) is 18.7. The standard InChI is InChI=1S/C76H50BN3O2S/c1-76(2,3)47-41-57(45-32-37-73-58(38-45)56-24-10-17-31-72(56)83-73)74(67(42-47)80-65-29-15-8-22-54(65)55-23-9-16-30-66(55)80)46-39-70-75-71(40-46)82-69-44-49(79-63-27-13-6-20-52(63)53-21-7-14-28-64(53)79)34-36-60(69)77(75)59-35-33-48(43-68(59)81-70)78-61-25-11-4-18-50(61)51-19-5-12-26-62(51)78/h4-44H,1-3H3/i4D,5D,6D,7D,11D,12D,13D,14D,18D,19D,20D,21D,25D,26D,27D,28D. The van der Waals surface area contributed by atoms with E-state index in [1.54, 1.807) is 35.6 Å². The largest absolute Gasteiger partial charge is 0.458 e. The lowest BCUT2D eigenvalue weighted by atomic mass is 9.35. The molecule has 4 aromatic heterocycles. The minimum atomic E-state index is -0.714. The third-order valence-electron chi connectivity index (χ3n) is 16.8. The molecule has 2 aliphatic rings. The van der Waals surface area contributed by atoms with Gasteiger partial charge in [0.1, 0.15) is 23.0 Å². The number of nitrogens with zero attached hydrogens (tertiary/aromatic N) is 3. The average Bonchev–Trinajstić information content (AvgIpc) is 1.65. The summed E-state index contributed by atoms with van der Waals surface area (Å²) in [4.78, 5) is 0. The average molecular weight is 1100 g/mol. The van der Waals surface area contributed by atoms with E-state index >= 15 is 0 Å². The highest BCUT2D eigenvalue weighted by Crippen LogP contribution is 2.49. The third kappa shape index (κ3) is 6.77. The van der Waals surface area contributed by atoms with Crippen molar-refractivity contribution in [3.05, 3.63) is 254 Å². The predicted molar refractivity (Wildman–Crippen MR) is 350 cm³/mol. The highest BCUT2D eigenvalue weighted by Gasteiger charge is 2.41. The van der Waals surface area contributed by atoms with Gasteiger partial charge in [-0.05, 0) is 129 Å². The first-order valence-electron chi connectivity index (χ1n) is 35.4. The van der Waals surface area contributed by atoms with Crippen LogP contribution in [-0.2, 0) is 5.41 Å². The van der Waals surface area contributed by atoms with Gasteiger partial charge in [-0.1, -0.05) is 166 Å². The Hall–Kier alpha value is -10.1. The topological polar surface area (TPSA) is 33.2 Å². The molecule has 0 spiro atoms. The van der Waals surface area contributed by atoms with Crippen molar-refractivity contribution in [1.29, 1.82) is 0 Å². The monoisotopic (exact) mass is 1100 g/mol. The van der Waals surface area contributed by atoms with Crippen molar-refractivity contribution < 1.29 is 31.4 Å². The second-order valence-electron chi connectivity index (χ2n) is 22.4. The molecule has 2 aliphatic heterocycles. The van der Waals surface area contributed by atoms with Crippen LogP contribution in [0, 0.1) is 0 Å². The van der Waals surface area contributed by atoms with E-state index in [0.717, 1.165) is 69.9 Å². The van der Waals surface area contributed by atoms with Crippen LogP contribution >= 0.6 is 11.3 Å². The van der Waals surface area contributed by atoms with Gasteiger partial charge >= 0.3 is 0 Å². The number of ether oxygens (including phenoxy) is 2. The molecule has 0 fully saturated rings. The van der Waals surface area contributed by atoms with E-state index in [1.807, 2.05) is 54.6 Å². The number of aromatic nitrogens is 3. The molecular formula is C76H50BN3O2S. The molecule has 0 saturated carbocycles. The molecule has 390 valence electrons. The van der Waals surface area contributed by atoms with Gasteiger partial charge in [-0.15, -0.1) is 11.3 Å². The van der Waals surface area contributed by atoms with Crippen molar-refractivity contribution >= 4 is 120 Å². The summed E-state index contributed by atoms with van der Waals surface area (Å²) < 4.78 is 167. The zero-order valence-corrected chi connectivity index (χ0v) is 45.4. The molecule has 7 heteroatoms. The van der Waals surface area contributed by atoms with E-state index in [4.69, 9.17) is 20.4 Å². The van der Waals surface area contributed by atoms with Crippen molar-refractivity contribution in [3.8, 4) is 62.3 Å². The molecule has 12 aromatic carbocycles. The summed E-state index contributed by atoms with van der Waals surface area (Å²) in [6, 6.07) is 42.5. The van der Waals surface area contributed by atoms with Crippen molar-refractivity contribution in [2.45, 2.75) is 26.2 Å². The number of thiophene rings is 1. The van der Waals surface area contributed by atoms with Gasteiger partial charge in [0.15, 0.2) is 0 Å². The summed E-state index contributed by atoms with van der Waals surface area (Å²) in [6.07, 6.45) is 0. The molecule has 0 unspecified atom stereocenters. The zero-order valence-electron chi connectivity index (χ0n) is 60.6. The first-order valence-corrected chi connectivity index (χ1v) is 28.2. The molecule has 0 atom stereocenters. The summed E-state index contributed by atoms with van der Waals surface area (Å²) in [6.45, 7) is 5.89. The van der Waals surface area contributed by atoms with Crippen LogP contribution in [0.3, 0.4) is 0 Å². The summed E-state index contributed by atoms with van der Waals surface area (Å²) in [5.41, 5.74) is 8.90.